The minimum Gasteiger partial charge on any atom is -0.396 e. The molecule has 1 fully saturated rings. The van der Waals surface area contributed by atoms with Gasteiger partial charge in [0.2, 0.25) is 0 Å². The minimum absolute atomic E-state index is 0.409. The van der Waals surface area contributed by atoms with Gasteiger partial charge in [-0.15, -0.1) is 0 Å². The Morgan fingerprint density at radius 3 is 2.59 bits per heavy atom. The molecule has 1 aromatic rings. The van der Waals surface area contributed by atoms with E-state index < -0.39 is 0 Å². The molecule has 2 rings (SSSR count). The van der Waals surface area contributed by atoms with Crippen molar-refractivity contribution < 1.29 is 0 Å². The number of rotatable bonds is 4. The van der Waals surface area contributed by atoms with Crippen molar-refractivity contribution in [3.63, 3.8) is 0 Å². The van der Waals surface area contributed by atoms with E-state index in [0.717, 1.165) is 12.4 Å². The van der Waals surface area contributed by atoms with Crippen LogP contribution in [0, 0.1) is 5.41 Å². The van der Waals surface area contributed by atoms with Gasteiger partial charge in [-0.2, -0.15) is 0 Å². The molecule has 1 aromatic heterocycles. The number of hydrogen-bond acceptors (Lipinski definition) is 4. The summed E-state index contributed by atoms with van der Waals surface area (Å²) >= 11 is 0. The molecule has 4 heteroatoms. The number of aromatic nitrogens is 1. The van der Waals surface area contributed by atoms with Gasteiger partial charge in [0.05, 0.1) is 5.69 Å². The Hall–Kier alpha value is -1.45. The average molecular weight is 234 g/mol. The largest absolute Gasteiger partial charge is 0.396 e. The Morgan fingerprint density at radius 1 is 1.29 bits per heavy atom. The molecular weight excluding hydrogens is 212 g/mol. The lowest BCUT2D eigenvalue weighted by Gasteiger charge is -2.28. The molecule has 0 spiro atoms. The van der Waals surface area contributed by atoms with Crippen LogP contribution in [0.15, 0.2) is 12.1 Å². The highest BCUT2D eigenvalue weighted by molar-refractivity contribution is 5.61. The summed E-state index contributed by atoms with van der Waals surface area (Å²) in [6.07, 6.45) is 6.58. The monoisotopic (exact) mass is 234 g/mol. The van der Waals surface area contributed by atoms with Crippen LogP contribution >= 0.6 is 0 Å². The van der Waals surface area contributed by atoms with Crippen LogP contribution in [0.3, 0.4) is 0 Å². The summed E-state index contributed by atoms with van der Waals surface area (Å²) in [7, 11) is 0. The summed E-state index contributed by atoms with van der Waals surface area (Å²) in [5.74, 6) is 1.24. The highest BCUT2D eigenvalue weighted by Gasteiger charge is 2.31. The Bertz CT molecular complexity index is 383. The molecule has 1 heterocycles. The van der Waals surface area contributed by atoms with E-state index in [9.17, 15) is 0 Å². The molecule has 0 radical (unpaired) electrons. The van der Waals surface area contributed by atoms with E-state index in [1.54, 1.807) is 6.07 Å². The van der Waals surface area contributed by atoms with Crippen LogP contribution in [0.25, 0.3) is 0 Å². The summed E-state index contributed by atoms with van der Waals surface area (Å²) in [4.78, 5) is 4.24. The van der Waals surface area contributed by atoms with Crippen molar-refractivity contribution in [1.29, 1.82) is 0 Å². The molecule has 94 valence electrons. The highest BCUT2D eigenvalue weighted by atomic mass is 15.0. The number of nitrogens with zero attached hydrogens (tertiary/aromatic N) is 1. The van der Waals surface area contributed by atoms with Gasteiger partial charge in [-0.05, 0) is 36.8 Å². The molecule has 0 atom stereocenters. The molecular formula is C13H22N4. The molecule has 0 aliphatic heterocycles. The standard InChI is InChI=1S/C13H22N4/c1-2-13(7-3-4-8-13)9-16-11-6-5-10(14)12(15)17-11/h5-6H,2-4,7-9,14H2,1H3,(H3,15,16,17). The van der Waals surface area contributed by atoms with Gasteiger partial charge in [0.1, 0.15) is 11.6 Å². The summed E-state index contributed by atoms with van der Waals surface area (Å²) in [5, 5.41) is 3.40. The van der Waals surface area contributed by atoms with E-state index in [1.165, 1.54) is 32.1 Å². The zero-order valence-electron chi connectivity index (χ0n) is 10.5. The third-order valence-electron chi connectivity index (χ3n) is 4.02. The second kappa shape index (κ2) is 4.82. The SMILES string of the molecule is CCC1(CNc2ccc(N)c(N)n2)CCCC1. The number of anilines is 3. The summed E-state index contributed by atoms with van der Waals surface area (Å²) in [6, 6.07) is 3.70. The maximum absolute atomic E-state index is 5.69. The van der Waals surface area contributed by atoms with Crippen LogP contribution in [0.2, 0.25) is 0 Å². The first kappa shape index (κ1) is 12.0. The van der Waals surface area contributed by atoms with Gasteiger partial charge in [0, 0.05) is 6.54 Å². The minimum atomic E-state index is 0.409. The number of pyridine rings is 1. The Balaban J connectivity index is 1.99. The van der Waals surface area contributed by atoms with Crippen LogP contribution in [-0.2, 0) is 0 Å². The molecule has 0 unspecified atom stereocenters. The van der Waals surface area contributed by atoms with Crippen LogP contribution < -0.4 is 16.8 Å². The molecule has 1 aliphatic rings. The van der Waals surface area contributed by atoms with Gasteiger partial charge in [-0.25, -0.2) is 4.98 Å². The van der Waals surface area contributed by atoms with Crippen LogP contribution in [0.1, 0.15) is 39.0 Å². The zero-order chi connectivity index (χ0) is 12.3. The maximum Gasteiger partial charge on any atom is 0.149 e. The van der Waals surface area contributed by atoms with Gasteiger partial charge in [0.25, 0.3) is 0 Å². The maximum atomic E-state index is 5.69. The predicted octanol–water partition coefficient (Wildman–Crippen LogP) is 2.63. The van der Waals surface area contributed by atoms with E-state index in [-0.39, 0.29) is 0 Å². The lowest BCUT2D eigenvalue weighted by molar-refractivity contribution is 0.306. The molecule has 17 heavy (non-hydrogen) atoms. The zero-order valence-corrected chi connectivity index (χ0v) is 10.5. The number of hydrogen-bond donors (Lipinski definition) is 3. The van der Waals surface area contributed by atoms with E-state index in [4.69, 9.17) is 11.5 Å². The number of nitrogens with one attached hydrogen (secondary N) is 1. The predicted molar refractivity (Wildman–Crippen MR) is 72.7 cm³/mol. The first-order chi connectivity index (χ1) is 8.15. The van der Waals surface area contributed by atoms with Crippen LogP contribution in [-0.4, -0.2) is 11.5 Å². The first-order valence-electron chi connectivity index (χ1n) is 6.41. The number of nitrogen functional groups attached to an aromatic ring is 2. The van der Waals surface area contributed by atoms with Gasteiger partial charge in [-0.1, -0.05) is 19.8 Å². The molecule has 0 bridgehead atoms. The van der Waals surface area contributed by atoms with Gasteiger partial charge in [-0.3, -0.25) is 0 Å². The lowest BCUT2D eigenvalue weighted by atomic mass is 9.83. The second-order valence-corrected chi connectivity index (χ2v) is 5.09. The fourth-order valence-electron chi connectivity index (χ4n) is 2.64. The fourth-order valence-corrected chi connectivity index (χ4v) is 2.64. The van der Waals surface area contributed by atoms with Crippen molar-refractivity contribution in [3.05, 3.63) is 12.1 Å². The molecule has 0 saturated heterocycles. The van der Waals surface area contributed by atoms with E-state index in [0.29, 0.717) is 16.9 Å². The van der Waals surface area contributed by atoms with Crippen molar-refractivity contribution in [2.75, 3.05) is 23.3 Å². The molecule has 1 saturated carbocycles. The lowest BCUT2D eigenvalue weighted by Crippen LogP contribution is -2.26. The average Bonchev–Trinajstić information content (AvgIpc) is 2.80. The van der Waals surface area contributed by atoms with Crippen molar-refractivity contribution in [2.45, 2.75) is 39.0 Å². The quantitative estimate of drug-likeness (QED) is 0.748. The summed E-state index contributed by atoms with van der Waals surface area (Å²) in [6.45, 7) is 3.26. The summed E-state index contributed by atoms with van der Waals surface area (Å²) in [5.41, 5.74) is 12.3. The van der Waals surface area contributed by atoms with Crippen LogP contribution in [0.5, 0.6) is 0 Å². The van der Waals surface area contributed by atoms with Gasteiger partial charge in [0.15, 0.2) is 0 Å². The second-order valence-electron chi connectivity index (χ2n) is 5.09. The van der Waals surface area contributed by atoms with E-state index >= 15 is 0 Å². The van der Waals surface area contributed by atoms with E-state index in [2.05, 4.69) is 17.2 Å². The third kappa shape index (κ3) is 2.62. The molecule has 0 amide bonds. The third-order valence-corrected chi connectivity index (χ3v) is 4.02. The molecule has 5 N–H and O–H groups in total. The summed E-state index contributed by atoms with van der Waals surface area (Å²) < 4.78 is 0. The Morgan fingerprint density at radius 2 is 2.00 bits per heavy atom. The topological polar surface area (TPSA) is 77.0 Å². The fraction of sp³-hybridized carbons (Fsp3) is 0.615. The van der Waals surface area contributed by atoms with Gasteiger partial charge < -0.3 is 16.8 Å². The molecule has 0 aromatic carbocycles. The van der Waals surface area contributed by atoms with Crippen molar-refractivity contribution in [2.24, 2.45) is 5.41 Å². The van der Waals surface area contributed by atoms with E-state index in [1.807, 2.05) is 6.07 Å². The molecule has 4 nitrogen and oxygen atoms in total. The van der Waals surface area contributed by atoms with Crippen molar-refractivity contribution in [1.82, 2.24) is 4.98 Å². The van der Waals surface area contributed by atoms with Crippen LogP contribution in [0.4, 0.5) is 17.3 Å². The van der Waals surface area contributed by atoms with Crippen molar-refractivity contribution >= 4 is 17.3 Å². The van der Waals surface area contributed by atoms with Gasteiger partial charge >= 0.3 is 0 Å². The number of nitrogens with two attached hydrogens (primary N) is 2. The normalized spacial score (nSPS) is 18.2. The Kier molecular flexibility index (Phi) is 3.41. The highest BCUT2D eigenvalue weighted by Crippen LogP contribution is 2.40. The first-order valence-corrected chi connectivity index (χ1v) is 6.41. The smallest absolute Gasteiger partial charge is 0.149 e. The van der Waals surface area contributed by atoms with Crippen molar-refractivity contribution in [3.8, 4) is 0 Å². The Labute approximate surface area is 103 Å². The molecule has 1 aliphatic carbocycles.